The lowest BCUT2D eigenvalue weighted by molar-refractivity contribution is -0.118. The van der Waals surface area contributed by atoms with Crippen LogP contribution in [-0.4, -0.2) is 35.9 Å². The van der Waals surface area contributed by atoms with E-state index in [2.05, 4.69) is 14.5 Å². The Hall–Kier alpha value is -3.94. The molecule has 186 valence electrons. The van der Waals surface area contributed by atoms with Gasteiger partial charge in [0.25, 0.3) is 0 Å². The van der Waals surface area contributed by atoms with Crippen molar-refractivity contribution in [3.63, 3.8) is 0 Å². The van der Waals surface area contributed by atoms with Gasteiger partial charge in [-0.1, -0.05) is 11.3 Å². The van der Waals surface area contributed by atoms with Gasteiger partial charge in [-0.25, -0.2) is 9.37 Å². The number of aromatic nitrogens is 1. The maximum Gasteiger partial charge on any atom is 0.387 e. The third kappa shape index (κ3) is 5.95. The minimum atomic E-state index is -3.25. The lowest BCUT2D eigenvalue weighted by atomic mass is 10.1. The SMILES string of the molecule is CC(C(N)=O)N(c1ccc(OC(F)F)c(F)c1)c1nc(N)c(C(=O)c2ccc(OC(F)F)cc2)s1. The number of ketones is 1. The zero-order chi connectivity index (χ0) is 25.9. The quantitative estimate of drug-likeness (QED) is 0.304. The Morgan fingerprint density at radius 3 is 2.20 bits per heavy atom. The number of thiazole rings is 1. The summed E-state index contributed by atoms with van der Waals surface area (Å²) < 4.78 is 72.2. The first-order chi connectivity index (χ1) is 16.5. The van der Waals surface area contributed by atoms with Crippen LogP contribution in [0.5, 0.6) is 11.5 Å². The van der Waals surface area contributed by atoms with Crippen LogP contribution in [0, 0.1) is 5.82 Å². The number of halogens is 5. The molecule has 8 nitrogen and oxygen atoms in total. The summed E-state index contributed by atoms with van der Waals surface area (Å²) in [5.74, 6) is -3.68. The molecule has 0 saturated heterocycles. The lowest BCUT2D eigenvalue weighted by Crippen LogP contribution is -2.40. The maximum absolute atomic E-state index is 14.3. The van der Waals surface area contributed by atoms with Crippen LogP contribution in [0.4, 0.5) is 38.6 Å². The number of alkyl halides is 4. The number of nitrogens with two attached hydrogens (primary N) is 2. The molecule has 0 radical (unpaired) electrons. The number of nitrogens with zero attached hydrogens (tertiary/aromatic N) is 2. The van der Waals surface area contributed by atoms with E-state index in [1.165, 1.54) is 42.2 Å². The first-order valence-corrected chi connectivity index (χ1v) is 10.5. The predicted molar refractivity (Wildman–Crippen MR) is 117 cm³/mol. The molecule has 0 aliphatic carbocycles. The van der Waals surface area contributed by atoms with Crippen molar-refractivity contribution >= 4 is 39.7 Å². The second-order valence-electron chi connectivity index (χ2n) is 6.88. The van der Waals surface area contributed by atoms with Crippen molar-refractivity contribution in [1.82, 2.24) is 4.98 Å². The topological polar surface area (TPSA) is 121 Å². The van der Waals surface area contributed by atoms with Crippen molar-refractivity contribution in [3.8, 4) is 11.5 Å². The minimum Gasteiger partial charge on any atom is -0.435 e. The van der Waals surface area contributed by atoms with Gasteiger partial charge in [0.15, 0.2) is 16.7 Å². The van der Waals surface area contributed by atoms with Crippen molar-refractivity contribution in [2.75, 3.05) is 10.6 Å². The van der Waals surface area contributed by atoms with Crippen LogP contribution in [0.2, 0.25) is 0 Å². The fourth-order valence-electron chi connectivity index (χ4n) is 2.96. The molecule has 0 aliphatic rings. The number of hydrogen-bond donors (Lipinski definition) is 2. The van der Waals surface area contributed by atoms with Gasteiger partial charge in [0.2, 0.25) is 11.7 Å². The van der Waals surface area contributed by atoms with Gasteiger partial charge in [-0.15, -0.1) is 0 Å². The molecule has 0 saturated carbocycles. The standard InChI is InChI=1S/C21H17F5N4O4S/c1-9(18(28)32)30(11-4-7-14(13(22)8-11)34-20(25)26)21-29-17(27)16(35-21)15(31)10-2-5-12(6-3-10)33-19(23)24/h2-9,19-20H,27H2,1H3,(H2,28,32). The second-order valence-corrected chi connectivity index (χ2v) is 7.86. The molecule has 14 heteroatoms. The van der Waals surface area contributed by atoms with Crippen molar-refractivity contribution in [3.05, 3.63) is 58.7 Å². The summed E-state index contributed by atoms with van der Waals surface area (Å²) in [6.45, 7) is -4.90. The van der Waals surface area contributed by atoms with Crippen LogP contribution in [0.1, 0.15) is 22.2 Å². The molecule has 35 heavy (non-hydrogen) atoms. The van der Waals surface area contributed by atoms with Gasteiger partial charge in [0, 0.05) is 17.3 Å². The molecule has 1 heterocycles. The van der Waals surface area contributed by atoms with Crippen LogP contribution >= 0.6 is 11.3 Å². The van der Waals surface area contributed by atoms with Crippen LogP contribution in [-0.2, 0) is 4.79 Å². The summed E-state index contributed by atoms with van der Waals surface area (Å²) in [5.41, 5.74) is 11.4. The van der Waals surface area contributed by atoms with Crippen molar-refractivity contribution < 1.29 is 41.0 Å². The number of benzene rings is 2. The molecule has 1 unspecified atom stereocenters. The van der Waals surface area contributed by atoms with E-state index >= 15 is 0 Å². The number of anilines is 3. The van der Waals surface area contributed by atoms with Crippen molar-refractivity contribution in [2.45, 2.75) is 26.2 Å². The summed E-state index contributed by atoms with van der Waals surface area (Å²) in [6.07, 6.45) is 0. The summed E-state index contributed by atoms with van der Waals surface area (Å²) in [5, 5.41) is -0.0169. The van der Waals surface area contributed by atoms with Gasteiger partial charge >= 0.3 is 13.2 Å². The Morgan fingerprint density at radius 2 is 1.66 bits per heavy atom. The first kappa shape index (κ1) is 25.7. The normalized spacial score (nSPS) is 12.0. The van der Waals surface area contributed by atoms with E-state index in [4.69, 9.17) is 11.5 Å². The molecule has 0 fully saturated rings. The maximum atomic E-state index is 14.3. The molecule has 2 aromatic carbocycles. The number of carbonyl (C=O) groups is 2. The van der Waals surface area contributed by atoms with Crippen LogP contribution in [0.15, 0.2) is 42.5 Å². The van der Waals surface area contributed by atoms with Crippen LogP contribution in [0.25, 0.3) is 0 Å². The zero-order valence-corrected chi connectivity index (χ0v) is 18.6. The Kier molecular flexibility index (Phi) is 7.74. The summed E-state index contributed by atoms with van der Waals surface area (Å²) in [4.78, 5) is 30.1. The van der Waals surface area contributed by atoms with E-state index in [-0.39, 0.29) is 32.8 Å². The minimum absolute atomic E-state index is 0.00309. The van der Waals surface area contributed by atoms with Gasteiger partial charge in [-0.3, -0.25) is 9.59 Å². The zero-order valence-electron chi connectivity index (χ0n) is 17.8. The van der Waals surface area contributed by atoms with E-state index in [1.807, 2.05) is 0 Å². The van der Waals surface area contributed by atoms with Crippen LogP contribution in [0.3, 0.4) is 0 Å². The third-order valence-corrected chi connectivity index (χ3v) is 5.67. The Balaban J connectivity index is 1.97. The molecular formula is C21H17F5N4O4S. The second kappa shape index (κ2) is 10.5. The molecule has 3 rings (SSSR count). The van der Waals surface area contributed by atoms with Crippen LogP contribution < -0.4 is 25.8 Å². The van der Waals surface area contributed by atoms with E-state index in [0.717, 1.165) is 23.5 Å². The Labute approximate surface area is 198 Å². The summed E-state index contributed by atoms with van der Waals surface area (Å²) in [7, 11) is 0. The molecule has 0 spiro atoms. The average Bonchev–Trinajstić information content (AvgIpc) is 3.16. The number of hydrogen-bond acceptors (Lipinski definition) is 8. The fraction of sp³-hybridized carbons (Fsp3) is 0.190. The van der Waals surface area contributed by atoms with Crippen molar-refractivity contribution in [2.24, 2.45) is 5.73 Å². The highest BCUT2D eigenvalue weighted by molar-refractivity contribution is 7.18. The molecule has 1 aromatic heterocycles. The largest absolute Gasteiger partial charge is 0.435 e. The number of rotatable bonds is 10. The predicted octanol–water partition coefficient (Wildman–Crippen LogP) is 4.31. The van der Waals surface area contributed by atoms with E-state index in [9.17, 15) is 31.5 Å². The Bertz CT molecular complexity index is 1220. The van der Waals surface area contributed by atoms with Gasteiger partial charge in [-0.2, -0.15) is 17.6 Å². The highest BCUT2D eigenvalue weighted by Gasteiger charge is 2.28. The summed E-state index contributed by atoms with van der Waals surface area (Å²) >= 11 is 0.754. The number of primary amides is 1. The number of amides is 1. The van der Waals surface area contributed by atoms with Crippen molar-refractivity contribution in [1.29, 1.82) is 0 Å². The summed E-state index contributed by atoms with van der Waals surface area (Å²) in [6, 6.07) is 6.69. The molecule has 1 amide bonds. The monoisotopic (exact) mass is 516 g/mol. The highest BCUT2D eigenvalue weighted by Crippen LogP contribution is 2.37. The molecule has 0 bridgehead atoms. The molecule has 4 N–H and O–H groups in total. The average molecular weight is 516 g/mol. The number of carbonyl (C=O) groups excluding carboxylic acids is 2. The van der Waals surface area contributed by atoms with E-state index in [1.54, 1.807) is 0 Å². The van der Waals surface area contributed by atoms with E-state index < -0.39 is 42.5 Å². The number of nitrogen functional groups attached to an aromatic ring is 1. The van der Waals surface area contributed by atoms with Gasteiger partial charge in [-0.05, 0) is 43.3 Å². The Morgan fingerprint density at radius 1 is 1.03 bits per heavy atom. The van der Waals surface area contributed by atoms with E-state index in [0.29, 0.717) is 0 Å². The molecule has 3 aromatic rings. The first-order valence-electron chi connectivity index (χ1n) is 9.66. The molecular weight excluding hydrogens is 499 g/mol. The van der Waals surface area contributed by atoms with Gasteiger partial charge in [0.05, 0.1) is 0 Å². The third-order valence-electron chi connectivity index (χ3n) is 4.60. The van der Waals surface area contributed by atoms with Gasteiger partial charge in [0.1, 0.15) is 22.5 Å². The number of ether oxygens (including phenoxy) is 2. The smallest absolute Gasteiger partial charge is 0.387 e. The lowest BCUT2D eigenvalue weighted by Gasteiger charge is -2.27. The molecule has 0 aliphatic heterocycles. The molecule has 1 atom stereocenters. The highest BCUT2D eigenvalue weighted by atomic mass is 32.1. The fourth-order valence-corrected chi connectivity index (χ4v) is 4.01. The van der Waals surface area contributed by atoms with Gasteiger partial charge < -0.3 is 25.8 Å².